The topological polar surface area (TPSA) is 61.4 Å². The molecule has 1 saturated heterocycles. The van der Waals surface area contributed by atoms with Crippen LogP contribution in [-0.4, -0.2) is 33.6 Å². The van der Waals surface area contributed by atoms with E-state index in [9.17, 15) is 12.8 Å². The van der Waals surface area contributed by atoms with E-state index in [0.717, 1.165) is 29.2 Å². The summed E-state index contributed by atoms with van der Waals surface area (Å²) in [5.74, 6) is -0.603. The van der Waals surface area contributed by atoms with Gasteiger partial charge in [-0.2, -0.15) is 0 Å². The van der Waals surface area contributed by atoms with E-state index >= 15 is 0 Å². The molecule has 164 valence electrons. The van der Waals surface area contributed by atoms with Gasteiger partial charge in [-0.05, 0) is 73.7 Å². The summed E-state index contributed by atoms with van der Waals surface area (Å²) in [6.07, 6.45) is 0. The monoisotopic (exact) mass is 459 g/mol. The van der Waals surface area contributed by atoms with Gasteiger partial charge in [-0.3, -0.25) is 4.72 Å². The zero-order valence-corrected chi connectivity index (χ0v) is 19.4. The maximum Gasteiger partial charge on any atom is 0.261 e. The molecule has 1 aromatic heterocycles. The van der Waals surface area contributed by atoms with Crippen molar-refractivity contribution >= 4 is 32.7 Å². The van der Waals surface area contributed by atoms with Crippen molar-refractivity contribution in [1.82, 2.24) is 5.32 Å². The number of benzene rings is 2. The van der Waals surface area contributed by atoms with Crippen molar-refractivity contribution < 1.29 is 12.8 Å². The minimum absolute atomic E-state index is 0.0469. The van der Waals surface area contributed by atoms with Crippen LogP contribution in [0.25, 0.3) is 10.4 Å². The number of rotatable bonds is 5. The van der Waals surface area contributed by atoms with Crippen LogP contribution < -0.4 is 14.9 Å². The molecule has 5 nitrogen and oxygen atoms in total. The first kappa shape index (κ1) is 21.8. The molecule has 2 N–H and O–H groups in total. The lowest BCUT2D eigenvalue weighted by atomic mass is 10.1. The van der Waals surface area contributed by atoms with E-state index in [0.29, 0.717) is 12.1 Å². The van der Waals surface area contributed by atoms with Gasteiger partial charge in [0.05, 0.1) is 10.6 Å². The SMILES string of the molecule is Cc1csc(-c2ccc(S(=O)(=O)Nc3cc(N4C[C@@H](C)N[C@@H](C)C4)ccc3F)cc2)c1. The highest BCUT2D eigenvalue weighted by Crippen LogP contribution is 2.29. The van der Waals surface area contributed by atoms with Crippen LogP contribution in [0.15, 0.2) is 58.8 Å². The number of hydrogen-bond donors (Lipinski definition) is 2. The average Bonchev–Trinajstić information content (AvgIpc) is 3.15. The number of hydrogen-bond acceptors (Lipinski definition) is 5. The molecule has 2 heterocycles. The van der Waals surface area contributed by atoms with Gasteiger partial charge in [0.15, 0.2) is 0 Å². The van der Waals surface area contributed by atoms with Crippen LogP contribution in [0.3, 0.4) is 0 Å². The molecule has 8 heteroatoms. The van der Waals surface area contributed by atoms with E-state index in [1.807, 2.05) is 6.92 Å². The first-order valence-corrected chi connectivity index (χ1v) is 12.6. The Labute approximate surface area is 187 Å². The molecule has 0 saturated carbocycles. The van der Waals surface area contributed by atoms with Crippen molar-refractivity contribution in [3.8, 4) is 10.4 Å². The van der Waals surface area contributed by atoms with Crippen molar-refractivity contribution in [1.29, 1.82) is 0 Å². The second kappa shape index (κ2) is 8.61. The lowest BCUT2D eigenvalue weighted by molar-refractivity contribution is 0.407. The number of thiophene rings is 1. The van der Waals surface area contributed by atoms with Crippen LogP contribution in [0.1, 0.15) is 19.4 Å². The highest BCUT2D eigenvalue weighted by molar-refractivity contribution is 7.92. The van der Waals surface area contributed by atoms with Crippen molar-refractivity contribution in [3.63, 3.8) is 0 Å². The molecule has 31 heavy (non-hydrogen) atoms. The Morgan fingerprint density at radius 1 is 1.06 bits per heavy atom. The summed E-state index contributed by atoms with van der Waals surface area (Å²) in [4.78, 5) is 3.31. The number of halogens is 1. The molecule has 2 aromatic carbocycles. The smallest absolute Gasteiger partial charge is 0.261 e. The highest BCUT2D eigenvalue weighted by atomic mass is 32.2. The number of nitrogens with zero attached hydrogens (tertiary/aromatic N) is 1. The lowest BCUT2D eigenvalue weighted by Gasteiger charge is -2.37. The van der Waals surface area contributed by atoms with Gasteiger partial charge in [-0.15, -0.1) is 11.3 Å². The third-order valence-electron chi connectivity index (χ3n) is 5.30. The maximum atomic E-state index is 14.5. The van der Waals surface area contributed by atoms with Crippen molar-refractivity contribution in [3.05, 3.63) is 65.3 Å². The molecular weight excluding hydrogens is 433 g/mol. The van der Waals surface area contributed by atoms with E-state index in [4.69, 9.17) is 0 Å². The van der Waals surface area contributed by atoms with Crippen LogP contribution in [0.2, 0.25) is 0 Å². The Morgan fingerprint density at radius 3 is 2.35 bits per heavy atom. The fourth-order valence-corrected chi connectivity index (χ4v) is 5.88. The van der Waals surface area contributed by atoms with E-state index in [-0.39, 0.29) is 10.6 Å². The molecule has 2 atom stereocenters. The fraction of sp³-hybridized carbons (Fsp3) is 0.304. The molecule has 1 fully saturated rings. The molecule has 3 aromatic rings. The van der Waals surface area contributed by atoms with Crippen molar-refractivity contribution in [2.45, 2.75) is 37.8 Å². The van der Waals surface area contributed by atoms with Gasteiger partial charge in [0.1, 0.15) is 5.82 Å². The second-order valence-corrected chi connectivity index (χ2v) is 10.7. The maximum absolute atomic E-state index is 14.5. The summed E-state index contributed by atoms with van der Waals surface area (Å²) in [6, 6.07) is 13.9. The van der Waals surface area contributed by atoms with Crippen LogP contribution in [-0.2, 0) is 10.0 Å². The number of sulfonamides is 1. The summed E-state index contributed by atoms with van der Waals surface area (Å²) in [6.45, 7) is 7.75. The third kappa shape index (κ3) is 4.92. The lowest BCUT2D eigenvalue weighted by Crippen LogP contribution is -2.54. The predicted molar refractivity (Wildman–Crippen MR) is 126 cm³/mol. The Balaban J connectivity index is 1.56. The Morgan fingerprint density at radius 2 is 1.74 bits per heavy atom. The standard InChI is InChI=1S/C23H26FN3O2S2/c1-15-10-23(30-14-15)18-4-7-20(8-5-18)31(28,29)26-22-11-19(6-9-21(22)24)27-12-16(2)25-17(3)13-27/h4-11,14,16-17,25-26H,12-13H2,1-3H3/t16-,17+. The largest absolute Gasteiger partial charge is 0.368 e. The summed E-state index contributed by atoms with van der Waals surface area (Å²) in [5.41, 5.74) is 2.87. The first-order valence-electron chi connectivity index (χ1n) is 10.2. The third-order valence-corrected chi connectivity index (χ3v) is 7.78. The summed E-state index contributed by atoms with van der Waals surface area (Å²) < 4.78 is 42.7. The minimum atomic E-state index is -3.92. The first-order chi connectivity index (χ1) is 14.7. The average molecular weight is 460 g/mol. The molecule has 0 spiro atoms. The molecule has 0 bridgehead atoms. The van der Waals surface area contributed by atoms with Crippen LogP contribution in [0.4, 0.5) is 15.8 Å². The van der Waals surface area contributed by atoms with Gasteiger partial charge in [-0.1, -0.05) is 12.1 Å². The van der Waals surface area contributed by atoms with Gasteiger partial charge in [0.25, 0.3) is 10.0 Å². The highest BCUT2D eigenvalue weighted by Gasteiger charge is 2.23. The van der Waals surface area contributed by atoms with Crippen molar-refractivity contribution in [2.75, 3.05) is 22.7 Å². The van der Waals surface area contributed by atoms with Gasteiger partial charge in [0.2, 0.25) is 0 Å². The summed E-state index contributed by atoms with van der Waals surface area (Å²) >= 11 is 1.61. The quantitative estimate of drug-likeness (QED) is 0.573. The minimum Gasteiger partial charge on any atom is -0.368 e. The fourth-order valence-electron chi connectivity index (χ4n) is 3.91. The number of nitrogens with one attached hydrogen (secondary N) is 2. The van der Waals surface area contributed by atoms with Crippen LogP contribution in [0.5, 0.6) is 0 Å². The molecule has 0 amide bonds. The van der Waals surface area contributed by atoms with E-state index in [1.54, 1.807) is 47.7 Å². The Bertz CT molecular complexity index is 1170. The molecule has 0 aliphatic carbocycles. The Kier molecular flexibility index (Phi) is 6.05. The molecule has 1 aliphatic heterocycles. The summed E-state index contributed by atoms with van der Waals surface area (Å²) in [5, 5.41) is 5.51. The molecule has 4 rings (SSSR count). The van der Waals surface area contributed by atoms with E-state index < -0.39 is 15.8 Å². The van der Waals surface area contributed by atoms with Gasteiger partial charge < -0.3 is 10.2 Å². The summed E-state index contributed by atoms with van der Waals surface area (Å²) in [7, 11) is -3.92. The zero-order chi connectivity index (χ0) is 22.2. The number of aryl methyl sites for hydroxylation is 1. The van der Waals surface area contributed by atoms with E-state index in [2.05, 4.69) is 40.2 Å². The zero-order valence-electron chi connectivity index (χ0n) is 17.7. The van der Waals surface area contributed by atoms with Gasteiger partial charge in [0, 0.05) is 35.7 Å². The number of piperazine rings is 1. The molecule has 0 unspecified atom stereocenters. The normalized spacial score (nSPS) is 19.4. The molecule has 1 aliphatic rings. The molecular formula is C23H26FN3O2S2. The predicted octanol–water partition coefficient (Wildman–Crippen LogP) is 4.85. The second-order valence-electron chi connectivity index (χ2n) is 8.16. The number of anilines is 2. The van der Waals surface area contributed by atoms with Crippen LogP contribution in [0, 0.1) is 12.7 Å². The van der Waals surface area contributed by atoms with Crippen molar-refractivity contribution in [2.24, 2.45) is 0 Å². The van der Waals surface area contributed by atoms with Crippen LogP contribution >= 0.6 is 11.3 Å². The van der Waals surface area contributed by atoms with E-state index in [1.165, 1.54) is 11.6 Å². The Hall–Kier alpha value is -2.42. The van der Waals surface area contributed by atoms with Gasteiger partial charge in [-0.25, -0.2) is 12.8 Å². The van der Waals surface area contributed by atoms with Gasteiger partial charge >= 0.3 is 0 Å². The molecule has 0 radical (unpaired) electrons.